The molecule has 6 nitrogen and oxygen atoms in total. The number of nitrogens with zero attached hydrogens (tertiary/aromatic N) is 1. The minimum Gasteiger partial charge on any atom is -0.398 e. The number of ether oxygens (including phenoxy) is 1. The van der Waals surface area contributed by atoms with E-state index in [2.05, 4.69) is 5.32 Å². The molecule has 6 heteroatoms. The standard InChI is InChI=1S/C9H13N3O3/c1-15-3-2-11-8-4-7(10)5-9(6-8)12(13)14/h4-6,11H,2-3,10H2,1H3. The summed E-state index contributed by atoms with van der Waals surface area (Å²) in [6.45, 7) is 1.11. The molecule has 1 rings (SSSR count). The van der Waals surface area contributed by atoms with E-state index in [4.69, 9.17) is 10.5 Å². The third kappa shape index (κ3) is 3.43. The summed E-state index contributed by atoms with van der Waals surface area (Å²) in [6.07, 6.45) is 0. The molecule has 0 unspecified atom stereocenters. The fourth-order valence-corrected chi connectivity index (χ4v) is 1.14. The first-order valence-corrected chi connectivity index (χ1v) is 4.41. The molecule has 0 fully saturated rings. The van der Waals surface area contributed by atoms with Crippen molar-refractivity contribution in [3.05, 3.63) is 28.3 Å². The molecule has 82 valence electrons. The van der Waals surface area contributed by atoms with Crippen LogP contribution in [0, 0.1) is 10.1 Å². The average molecular weight is 211 g/mol. The fraction of sp³-hybridized carbons (Fsp3) is 0.333. The molecule has 0 spiro atoms. The van der Waals surface area contributed by atoms with Crippen molar-refractivity contribution in [3.8, 4) is 0 Å². The Balaban J connectivity index is 2.75. The van der Waals surface area contributed by atoms with Crippen LogP contribution < -0.4 is 11.1 Å². The third-order valence-electron chi connectivity index (χ3n) is 1.79. The Morgan fingerprint density at radius 3 is 2.87 bits per heavy atom. The number of benzene rings is 1. The molecule has 1 aromatic rings. The Labute approximate surface area is 87.2 Å². The number of non-ortho nitro benzene ring substituents is 1. The van der Waals surface area contributed by atoms with Gasteiger partial charge in [-0.25, -0.2) is 0 Å². The van der Waals surface area contributed by atoms with E-state index < -0.39 is 4.92 Å². The highest BCUT2D eigenvalue weighted by molar-refractivity contribution is 5.61. The minimum absolute atomic E-state index is 0.0186. The van der Waals surface area contributed by atoms with Crippen molar-refractivity contribution in [3.63, 3.8) is 0 Å². The highest BCUT2D eigenvalue weighted by Gasteiger charge is 2.07. The molecule has 0 saturated carbocycles. The van der Waals surface area contributed by atoms with Crippen molar-refractivity contribution in [1.29, 1.82) is 0 Å². The quantitative estimate of drug-likeness (QED) is 0.331. The number of rotatable bonds is 5. The van der Waals surface area contributed by atoms with E-state index in [1.807, 2.05) is 0 Å². The first kappa shape index (κ1) is 11.3. The van der Waals surface area contributed by atoms with Gasteiger partial charge in [-0.15, -0.1) is 0 Å². The van der Waals surface area contributed by atoms with Gasteiger partial charge in [0.2, 0.25) is 0 Å². The predicted octanol–water partition coefficient (Wildman–Crippen LogP) is 1.24. The van der Waals surface area contributed by atoms with Gasteiger partial charge in [0, 0.05) is 37.2 Å². The second-order valence-corrected chi connectivity index (χ2v) is 2.99. The van der Waals surface area contributed by atoms with E-state index in [1.54, 1.807) is 13.2 Å². The van der Waals surface area contributed by atoms with Gasteiger partial charge in [0.05, 0.1) is 11.5 Å². The first-order valence-electron chi connectivity index (χ1n) is 4.41. The molecule has 1 aromatic carbocycles. The monoisotopic (exact) mass is 211 g/mol. The van der Waals surface area contributed by atoms with Gasteiger partial charge in [-0.05, 0) is 6.07 Å². The molecule has 0 radical (unpaired) electrons. The average Bonchev–Trinajstić information content (AvgIpc) is 2.17. The number of hydrogen-bond acceptors (Lipinski definition) is 5. The number of methoxy groups -OCH3 is 1. The summed E-state index contributed by atoms with van der Waals surface area (Å²) in [5, 5.41) is 13.5. The Hall–Kier alpha value is -1.82. The highest BCUT2D eigenvalue weighted by Crippen LogP contribution is 2.21. The van der Waals surface area contributed by atoms with Crippen molar-refractivity contribution in [2.24, 2.45) is 0 Å². The summed E-state index contributed by atoms with van der Waals surface area (Å²) < 4.78 is 4.84. The lowest BCUT2D eigenvalue weighted by molar-refractivity contribution is -0.384. The molecule has 3 N–H and O–H groups in total. The van der Waals surface area contributed by atoms with Crippen LogP contribution in [0.4, 0.5) is 17.1 Å². The smallest absolute Gasteiger partial charge is 0.273 e. The minimum atomic E-state index is -0.474. The lowest BCUT2D eigenvalue weighted by atomic mass is 10.2. The summed E-state index contributed by atoms with van der Waals surface area (Å²) in [6, 6.07) is 4.40. The topological polar surface area (TPSA) is 90.4 Å². The second-order valence-electron chi connectivity index (χ2n) is 2.99. The predicted molar refractivity (Wildman–Crippen MR) is 57.9 cm³/mol. The number of hydrogen-bond donors (Lipinski definition) is 2. The summed E-state index contributed by atoms with van der Waals surface area (Å²) >= 11 is 0. The third-order valence-corrected chi connectivity index (χ3v) is 1.79. The molecule has 0 aromatic heterocycles. The lowest BCUT2D eigenvalue weighted by Crippen LogP contribution is -2.08. The maximum atomic E-state index is 10.5. The SMILES string of the molecule is COCCNc1cc(N)cc([N+](=O)[O-])c1. The van der Waals surface area contributed by atoms with Crippen molar-refractivity contribution in [2.45, 2.75) is 0 Å². The second kappa shape index (κ2) is 5.16. The van der Waals surface area contributed by atoms with Gasteiger partial charge in [0.15, 0.2) is 0 Å². The zero-order valence-electron chi connectivity index (χ0n) is 8.40. The fourth-order valence-electron chi connectivity index (χ4n) is 1.14. The molecule has 0 atom stereocenters. The zero-order chi connectivity index (χ0) is 11.3. The van der Waals surface area contributed by atoms with E-state index in [0.29, 0.717) is 24.5 Å². The Morgan fingerprint density at radius 1 is 1.53 bits per heavy atom. The maximum Gasteiger partial charge on any atom is 0.273 e. The van der Waals surface area contributed by atoms with Gasteiger partial charge in [-0.3, -0.25) is 10.1 Å². The van der Waals surface area contributed by atoms with E-state index >= 15 is 0 Å². The van der Waals surface area contributed by atoms with Gasteiger partial charge in [0.25, 0.3) is 5.69 Å². The molecule has 0 bridgehead atoms. The first-order chi connectivity index (χ1) is 7.13. The zero-order valence-corrected chi connectivity index (χ0v) is 8.40. The van der Waals surface area contributed by atoms with Crippen LogP contribution >= 0.6 is 0 Å². The Bertz CT molecular complexity index is 354. The van der Waals surface area contributed by atoms with Crippen molar-refractivity contribution < 1.29 is 9.66 Å². The molecule has 0 aliphatic heterocycles. The van der Waals surface area contributed by atoms with Crippen LogP contribution in [-0.4, -0.2) is 25.2 Å². The Kier molecular flexibility index (Phi) is 3.87. The van der Waals surface area contributed by atoms with Crippen LogP contribution in [0.25, 0.3) is 0 Å². The van der Waals surface area contributed by atoms with E-state index in [-0.39, 0.29) is 5.69 Å². The number of nitrogens with one attached hydrogen (secondary N) is 1. The molecule has 0 amide bonds. The van der Waals surface area contributed by atoms with E-state index in [9.17, 15) is 10.1 Å². The van der Waals surface area contributed by atoms with Crippen LogP contribution in [0.2, 0.25) is 0 Å². The van der Waals surface area contributed by atoms with Crippen LogP contribution in [0.1, 0.15) is 0 Å². The van der Waals surface area contributed by atoms with Crippen LogP contribution in [0.3, 0.4) is 0 Å². The summed E-state index contributed by atoms with van der Waals surface area (Å²) in [4.78, 5) is 10.1. The number of nitrogens with two attached hydrogens (primary N) is 1. The lowest BCUT2D eigenvalue weighted by Gasteiger charge is -2.06. The molecular weight excluding hydrogens is 198 g/mol. The largest absolute Gasteiger partial charge is 0.398 e. The number of nitro groups is 1. The molecule has 0 aliphatic rings. The number of anilines is 2. The van der Waals surface area contributed by atoms with Gasteiger partial charge >= 0.3 is 0 Å². The molecule has 0 saturated heterocycles. The molecule has 0 heterocycles. The van der Waals surface area contributed by atoms with Crippen LogP contribution in [0.5, 0.6) is 0 Å². The molecular formula is C9H13N3O3. The normalized spacial score (nSPS) is 9.93. The van der Waals surface area contributed by atoms with Gasteiger partial charge < -0.3 is 15.8 Å². The van der Waals surface area contributed by atoms with Gasteiger partial charge in [0.1, 0.15) is 0 Å². The summed E-state index contributed by atoms with van der Waals surface area (Å²) in [5.41, 5.74) is 6.50. The highest BCUT2D eigenvalue weighted by atomic mass is 16.6. The maximum absolute atomic E-state index is 10.5. The summed E-state index contributed by atoms with van der Waals surface area (Å²) in [7, 11) is 1.59. The van der Waals surface area contributed by atoms with E-state index in [1.165, 1.54) is 12.1 Å². The van der Waals surface area contributed by atoms with Crippen molar-refractivity contribution >= 4 is 17.1 Å². The molecule has 0 aliphatic carbocycles. The van der Waals surface area contributed by atoms with Crippen molar-refractivity contribution in [2.75, 3.05) is 31.3 Å². The van der Waals surface area contributed by atoms with Gasteiger partial charge in [-0.2, -0.15) is 0 Å². The number of nitrogen functional groups attached to an aromatic ring is 1. The van der Waals surface area contributed by atoms with Crippen LogP contribution in [-0.2, 0) is 4.74 Å². The summed E-state index contributed by atoms with van der Waals surface area (Å²) in [5.74, 6) is 0. The Morgan fingerprint density at radius 2 is 2.27 bits per heavy atom. The number of nitro benzene ring substituents is 1. The van der Waals surface area contributed by atoms with Crippen molar-refractivity contribution in [1.82, 2.24) is 0 Å². The van der Waals surface area contributed by atoms with E-state index in [0.717, 1.165) is 0 Å². The van der Waals surface area contributed by atoms with Crippen LogP contribution in [0.15, 0.2) is 18.2 Å². The molecule has 15 heavy (non-hydrogen) atoms. The van der Waals surface area contributed by atoms with Gasteiger partial charge in [-0.1, -0.05) is 0 Å².